The molecule has 8 heteroatoms. The average molecular weight is 518 g/mol. The monoisotopic (exact) mass is 517 g/mol. The van der Waals surface area contributed by atoms with Gasteiger partial charge in [0.15, 0.2) is 0 Å². The highest BCUT2D eigenvalue weighted by molar-refractivity contribution is 5.91. The van der Waals surface area contributed by atoms with Gasteiger partial charge in [0, 0.05) is 40.1 Å². The summed E-state index contributed by atoms with van der Waals surface area (Å²) in [5.74, 6) is -0.723. The number of fused-ring (bicyclic) bond motifs is 1. The molecule has 1 saturated heterocycles. The summed E-state index contributed by atoms with van der Waals surface area (Å²) in [6, 6.07) is 21.4. The van der Waals surface area contributed by atoms with E-state index in [2.05, 4.69) is 5.32 Å². The first-order chi connectivity index (χ1) is 18.3. The van der Waals surface area contributed by atoms with Crippen molar-refractivity contribution in [2.45, 2.75) is 43.9 Å². The average Bonchev–Trinajstić information content (AvgIpc) is 3.46. The van der Waals surface area contributed by atoms with Crippen LogP contribution < -0.4 is 5.32 Å². The zero-order chi connectivity index (χ0) is 27.1. The van der Waals surface area contributed by atoms with Gasteiger partial charge in [0.25, 0.3) is 0 Å². The summed E-state index contributed by atoms with van der Waals surface area (Å²) < 4.78 is 5.64. The Balaban J connectivity index is 1.57. The highest BCUT2D eigenvalue weighted by atomic mass is 16.5. The highest BCUT2D eigenvalue weighted by Crippen LogP contribution is 2.20. The standard InChI is InChI=1S/C30H35N3O5/c1-32(26(18-21-9-4-3-5-10-21)28(34)31-20-25-13-8-16-38-25)29(35)27(33(2)30(36)37)19-22-14-15-23-11-6-7-12-24(23)17-22/h3-7,9-12,14-15,17,25-27H,8,13,16,18-20H2,1-2H3,(H,31,34)(H,36,37)/t25?,26-,27-/m1/s1. The molecule has 1 aliphatic heterocycles. The first kappa shape index (κ1) is 27.1. The largest absolute Gasteiger partial charge is 0.465 e. The van der Waals surface area contributed by atoms with Crippen molar-refractivity contribution in [1.29, 1.82) is 0 Å². The van der Waals surface area contributed by atoms with Crippen LogP contribution in [0.4, 0.5) is 4.79 Å². The van der Waals surface area contributed by atoms with E-state index in [0.29, 0.717) is 19.6 Å². The molecule has 0 saturated carbocycles. The van der Waals surface area contributed by atoms with Gasteiger partial charge in [0.2, 0.25) is 11.8 Å². The summed E-state index contributed by atoms with van der Waals surface area (Å²) in [6.07, 6.45) is 1.10. The molecular formula is C30H35N3O5. The van der Waals surface area contributed by atoms with Crippen LogP contribution >= 0.6 is 0 Å². The lowest BCUT2D eigenvalue weighted by Gasteiger charge is -2.33. The number of rotatable bonds is 10. The van der Waals surface area contributed by atoms with Gasteiger partial charge in [0.05, 0.1) is 6.10 Å². The Bertz CT molecular complexity index is 1260. The van der Waals surface area contributed by atoms with Crippen LogP contribution in [-0.4, -0.2) is 78.2 Å². The Morgan fingerprint density at radius 3 is 2.26 bits per heavy atom. The number of ether oxygens (including phenoxy) is 1. The smallest absolute Gasteiger partial charge is 0.407 e. The van der Waals surface area contributed by atoms with Crippen molar-refractivity contribution < 1.29 is 24.2 Å². The molecule has 200 valence electrons. The lowest BCUT2D eigenvalue weighted by molar-refractivity contribution is -0.142. The Morgan fingerprint density at radius 2 is 1.58 bits per heavy atom. The SMILES string of the molecule is CN(C(=O)O)[C@H](Cc1ccc2ccccc2c1)C(=O)N(C)[C@H](Cc1ccccc1)C(=O)NCC1CCCO1. The number of carbonyl (C=O) groups excluding carboxylic acids is 2. The predicted octanol–water partition coefficient (Wildman–Crippen LogP) is 3.73. The number of likely N-dealkylation sites (N-methyl/N-ethyl adjacent to an activating group) is 2. The maximum Gasteiger partial charge on any atom is 0.407 e. The molecule has 0 radical (unpaired) electrons. The van der Waals surface area contributed by atoms with Crippen molar-refractivity contribution in [1.82, 2.24) is 15.1 Å². The minimum atomic E-state index is -1.21. The highest BCUT2D eigenvalue weighted by Gasteiger charge is 2.35. The van der Waals surface area contributed by atoms with E-state index in [9.17, 15) is 19.5 Å². The summed E-state index contributed by atoms with van der Waals surface area (Å²) in [5.41, 5.74) is 1.74. The molecule has 1 unspecified atom stereocenters. The quantitative estimate of drug-likeness (QED) is 0.427. The summed E-state index contributed by atoms with van der Waals surface area (Å²) in [7, 11) is 2.97. The molecule has 3 aromatic rings. The fraction of sp³-hybridized carbons (Fsp3) is 0.367. The molecule has 1 aliphatic rings. The molecule has 38 heavy (non-hydrogen) atoms. The Kier molecular flexibility index (Phi) is 8.97. The number of carboxylic acid groups (broad SMARTS) is 1. The van der Waals surface area contributed by atoms with Crippen LogP contribution in [0.1, 0.15) is 24.0 Å². The molecular weight excluding hydrogens is 482 g/mol. The fourth-order valence-corrected chi connectivity index (χ4v) is 4.88. The molecule has 8 nitrogen and oxygen atoms in total. The molecule has 4 rings (SSSR count). The minimum Gasteiger partial charge on any atom is -0.465 e. The molecule has 0 aliphatic carbocycles. The molecule has 0 bridgehead atoms. The number of carbonyl (C=O) groups is 3. The fourth-order valence-electron chi connectivity index (χ4n) is 4.88. The van der Waals surface area contributed by atoms with E-state index in [1.807, 2.05) is 72.8 Å². The topological polar surface area (TPSA) is 99.2 Å². The van der Waals surface area contributed by atoms with Crippen molar-refractivity contribution in [2.75, 3.05) is 27.2 Å². The van der Waals surface area contributed by atoms with Crippen LogP contribution in [0.2, 0.25) is 0 Å². The molecule has 1 fully saturated rings. The van der Waals surface area contributed by atoms with E-state index in [4.69, 9.17) is 4.74 Å². The number of hydrogen-bond acceptors (Lipinski definition) is 4. The van der Waals surface area contributed by atoms with E-state index in [0.717, 1.165) is 39.6 Å². The van der Waals surface area contributed by atoms with Crippen molar-refractivity contribution in [3.63, 3.8) is 0 Å². The van der Waals surface area contributed by atoms with Crippen molar-refractivity contribution in [3.05, 3.63) is 83.9 Å². The molecule has 2 N–H and O–H groups in total. The number of hydrogen-bond donors (Lipinski definition) is 2. The van der Waals surface area contributed by atoms with Crippen LogP contribution in [0.5, 0.6) is 0 Å². The van der Waals surface area contributed by atoms with E-state index >= 15 is 0 Å². The van der Waals surface area contributed by atoms with Crippen molar-refractivity contribution >= 4 is 28.7 Å². The van der Waals surface area contributed by atoms with E-state index in [1.165, 1.54) is 11.9 Å². The van der Waals surface area contributed by atoms with Crippen LogP contribution in [0.15, 0.2) is 72.8 Å². The Morgan fingerprint density at radius 1 is 0.895 bits per heavy atom. The number of amides is 3. The Hall–Kier alpha value is -3.91. The second kappa shape index (κ2) is 12.6. The van der Waals surface area contributed by atoms with Gasteiger partial charge < -0.3 is 20.1 Å². The van der Waals surface area contributed by atoms with Crippen molar-refractivity contribution in [2.24, 2.45) is 0 Å². The minimum absolute atomic E-state index is 0.0314. The molecule has 3 atom stereocenters. The van der Waals surface area contributed by atoms with Gasteiger partial charge in [0.1, 0.15) is 12.1 Å². The maximum absolute atomic E-state index is 13.9. The zero-order valence-electron chi connectivity index (χ0n) is 21.9. The van der Waals surface area contributed by atoms with E-state index in [-0.39, 0.29) is 18.4 Å². The first-order valence-corrected chi connectivity index (χ1v) is 13.0. The molecule has 3 amide bonds. The third-order valence-corrected chi connectivity index (χ3v) is 7.21. The predicted molar refractivity (Wildman–Crippen MR) is 146 cm³/mol. The molecule has 0 spiro atoms. The van der Waals surface area contributed by atoms with Gasteiger partial charge in [-0.25, -0.2) is 4.79 Å². The van der Waals surface area contributed by atoms with Gasteiger partial charge in [-0.1, -0.05) is 72.8 Å². The van der Waals surface area contributed by atoms with Crippen LogP contribution in [-0.2, 0) is 27.2 Å². The van der Waals surface area contributed by atoms with Crippen molar-refractivity contribution in [3.8, 4) is 0 Å². The lowest BCUT2D eigenvalue weighted by Crippen LogP contribution is -2.56. The number of benzene rings is 3. The second-order valence-corrected chi connectivity index (χ2v) is 9.83. The van der Waals surface area contributed by atoms with Gasteiger partial charge in [-0.05, 0) is 34.7 Å². The summed E-state index contributed by atoms with van der Waals surface area (Å²) in [5, 5.41) is 14.8. The maximum atomic E-state index is 13.9. The normalized spacial score (nSPS) is 16.5. The van der Waals surface area contributed by atoms with Crippen LogP contribution in [0.3, 0.4) is 0 Å². The second-order valence-electron chi connectivity index (χ2n) is 9.83. The molecule has 1 heterocycles. The van der Waals surface area contributed by atoms with Gasteiger partial charge in [-0.15, -0.1) is 0 Å². The molecule has 0 aromatic heterocycles. The molecule has 3 aromatic carbocycles. The first-order valence-electron chi connectivity index (χ1n) is 13.0. The van der Waals surface area contributed by atoms with Gasteiger partial charge in [-0.2, -0.15) is 0 Å². The summed E-state index contributed by atoms with van der Waals surface area (Å²) >= 11 is 0. The summed E-state index contributed by atoms with van der Waals surface area (Å²) in [4.78, 5) is 41.7. The number of nitrogens with zero attached hydrogens (tertiary/aromatic N) is 2. The van der Waals surface area contributed by atoms with Gasteiger partial charge >= 0.3 is 6.09 Å². The van der Waals surface area contributed by atoms with E-state index < -0.39 is 24.1 Å². The zero-order valence-corrected chi connectivity index (χ0v) is 21.9. The van der Waals surface area contributed by atoms with Crippen LogP contribution in [0, 0.1) is 0 Å². The lowest BCUT2D eigenvalue weighted by atomic mass is 9.98. The third kappa shape index (κ3) is 6.69. The van der Waals surface area contributed by atoms with Gasteiger partial charge in [-0.3, -0.25) is 14.5 Å². The number of nitrogens with one attached hydrogen (secondary N) is 1. The van der Waals surface area contributed by atoms with Crippen LogP contribution in [0.25, 0.3) is 10.8 Å². The van der Waals surface area contributed by atoms with E-state index in [1.54, 1.807) is 7.05 Å². The Labute approximate surface area is 223 Å². The third-order valence-electron chi connectivity index (χ3n) is 7.21. The summed E-state index contributed by atoms with van der Waals surface area (Å²) in [6.45, 7) is 1.06.